The number of carbonyl (C=O) groups excluding carboxylic acids is 1. The van der Waals surface area contributed by atoms with Gasteiger partial charge in [-0.1, -0.05) is 48.5 Å². The third-order valence-corrected chi connectivity index (χ3v) is 11.6. The molecule has 0 radical (unpaired) electrons. The molecular formula is C23H23N3O19P4-4. The summed E-state index contributed by atoms with van der Waals surface area (Å²) in [5.41, 5.74) is -1.45. The van der Waals surface area contributed by atoms with E-state index in [4.69, 9.17) is 9.47 Å². The molecule has 4 rings (SSSR count). The van der Waals surface area contributed by atoms with Crippen LogP contribution in [0.3, 0.4) is 0 Å². The fraction of sp³-hybridized carbons (Fsp3) is 0.261. The number of hydrogen-bond donors (Lipinski definition) is 3. The number of H-pyrrole nitrogens is 1. The first-order chi connectivity index (χ1) is 22.8. The van der Waals surface area contributed by atoms with E-state index in [9.17, 15) is 57.3 Å². The predicted molar refractivity (Wildman–Crippen MR) is 152 cm³/mol. The summed E-state index contributed by atoms with van der Waals surface area (Å²) in [5, 5.41) is 13.1. The van der Waals surface area contributed by atoms with Gasteiger partial charge in [0.25, 0.3) is 36.9 Å². The number of ether oxygens (including phenoxy) is 2. The Morgan fingerprint density at radius 3 is 1.98 bits per heavy atom. The fourth-order valence-corrected chi connectivity index (χ4v) is 8.69. The van der Waals surface area contributed by atoms with E-state index in [2.05, 4.69) is 27.3 Å². The second-order valence-corrected chi connectivity index (χ2v) is 15.6. The highest BCUT2D eigenvalue weighted by Crippen LogP contribution is 2.66. The predicted octanol–water partition coefficient (Wildman–Crippen LogP) is -0.431. The molecule has 1 aliphatic heterocycles. The topological polar surface area (TPSA) is 329 Å². The maximum absolute atomic E-state index is 12.5. The van der Waals surface area contributed by atoms with Crippen LogP contribution in [0.4, 0.5) is 10.5 Å². The van der Waals surface area contributed by atoms with Crippen LogP contribution < -0.4 is 36.1 Å². The maximum Gasteiger partial charge on any atom is 0.412 e. The van der Waals surface area contributed by atoms with E-state index >= 15 is 0 Å². The number of carbonyl (C=O) groups is 1. The van der Waals surface area contributed by atoms with E-state index in [1.165, 1.54) is 36.4 Å². The number of benzene rings is 2. The highest BCUT2D eigenvalue weighted by molar-refractivity contribution is 7.68. The molecule has 2 heterocycles. The lowest BCUT2D eigenvalue weighted by Gasteiger charge is -2.36. The average Bonchev–Trinajstić information content (AvgIpc) is 3.28. The van der Waals surface area contributed by atoms with E-state index in [1.807, 2.05) is 4.98 Å². The van der Waals surface area contributed by atoms with Crippen molar-refractivity contribution in [2.45, 2.75) is 31.1 Å². The van der Waals surface area contributed by atoms with Crippen molar-refractivity contribution in [2.24, 2.45) is 0 Å². The Hall–Kier alpha value is -3.13. The minimum Gasteiger partial charge on any atom is -0.756 e. The van der Waals surface area contributed by atoms with Gasteiger partial charge in [-0.2, -0.15) is 0 Å². The molecule has 0 bridgehead atoms. The first-order valence-electron chi connectivity index (χ1n) is 13.2. The number of amides is 1. The molecule has 1 fully saturated rings. The molecule has 0 saturated carbocycles. The molecule has 26 heteroatoms. The number of para-hydroxylation sites is 1. The van der Waals surface area contributed by atoms with Crippen molar-refractivity contribution in [1.29, 1.82) is 0 Å². The van der Waals surface area contributed by atoms with Gasteiger partial charge in [-0.25, -0.2) is 22.5 Å². The third kappa shape index (κ3) is 11.7. The standard InChI is InChI=1S/C23H27N3O19P4/c27-18-11-12-26(22(29)25-18)21-20(42-23(30)24-16-9-5-2-6-10-16)19(28)17(41-21)14-40-47(33,34)44-49(37,38)45-48(35,36)43-46(31,32)39-13-15-7-3-1-4-8-15/h1-12,17,19-21,28H,13-14H2,(H,24,30)(H,31,32)(H,33,34)(H,35,36)(H,37,38)(H,25,27,29)/p-4/t17-,19+,20?,21-/m1/s1. The second-order valence-electron chi connectivity index (χ2n) is 9.52. The second kappa shape index (κ2) is 15.8. The highest BCUT2D eigenvalue weighted by Gasteiger charge is 2.48. The van der Waals surface area contributed by atoms with Crippen molar-refractivity contribution < 1.29 is 79.2 Å². The Balaban J connectivity index is 1.40. The number of nitrogens with one attached hydrogen (secondary N) is 2. The van der Waals surface area contributed by atoms with Crippen LogP contribution in [-0.2, 0) is 56.3 Å². The van der Waals surface area contributed by atoms with Crippen LogP contribution in [0.5, 0.6) is 0 Å². The van der Waals surface area contributed by atoms with E-state index < -0.39 is 86.4 Å². The van der Waals surface area contributed by atoms with Crippen molar-refractivity contribution in [3.8, 4) is 0 Å². The molecule has 268 valence electrons. The Bertz CT molecular complexity index is 1930. The lowest BCUT2D eigenvalue weighted by atomic mass is 10.1. The van der Waals surface area contributed by atoms with Crippen LogP contribution >= 0.6 is 31.3 Å². The van der Waals surface area contributed by atoms with Gasteiger partial charge in [-0.15, -0.1) is 0 Å². The molecule has 0 aliphatic carbocycles. The molecular weight excluding hydrogens is 746 g/mol. The number of aliphatic hydroxyl groups excluding tert-OH is 1. The smallest absolute Gasteiger partial charge is 0.412 e. The zero-order chi connectivity index (χ0) is 36.0. The molecule has 49 heavy (non-hydrogen) atoms. The summed E-state index contributed by atoms with van der Waals surface area (Å²) in [7, 11) is -24.9. The summed E-state index contributed by atoms with van der Waals surface area (Å²) < 4.78 is 78.9. The van der Waals surface area contributed by atoms with Gasteiger partial charge in [0.05, 0.1) is 13.2 Å². The Morgan fingerprint density at radius 2 is 1.39 bits per heavy atom. The lowest BCUT2D eigenvalue weighted by molar-refractivity contribution is -0.255. The third-order valence-electron chi connectivity index (χ3n) is 5.93. The van der Waals surface area contributed by atoms with Crippen molar-refractivity contribution in [2.75, 3.05) is 11.9 Å². The quantitative estimate of drug-likeness (QED) is 0.165. The monoisotopic (exact) mass is 769 g/mol. The number of phosphoric acid groups is 4. The van der Waals surface area contributed by atoms with Crippen LogP contribution in [0.15, 0.2) is 82.5 Å². The minimum atomic E-state index is -6.54. The van der Waals surface area contributed by atoms with Crippen LogP contribution in [0, 0.1) is 0 Å². The molecule has 1 aromatic heterocycles. The van der Waals surface area contributed by atoms with E-state index in [0.29, 0.717) is 4.57 Å². The van der Waals surface area contributed by atoms with Crippen molar-refractivity contribution in [3.63, 3.8) is 0 Å². The summed E-state index contributed by atoms with van der Waals surface area (Å²) in [5.74, 6) is 0. The maximum atomic E-state index is 12.5. The van der Waals surface area contributed by atoms with Crippen molar-refractivity contribution in [1.82, 2.24) is 9.55 Å². The molecule has 22 nitrogen and oxygen atoms in total. The van der Waals surface area contributed by atoms with Crippen LogP contribution in [-0.4, -0.2) is 45.7 Å². The fourth-order valence-electron chi connectivity index (χ4n) is 3.96. The molecule has 5 unspecified atom stereocenters. The van der Waals surface area contributed by atoms with Gasteiger partial charge < -0.3 is 43.2 Å². The largest absolute Gasteiger partial charge is 0.756 e. The molecule has 0 spiro atoms. The van der Waals surface area contributed by atoms with Gasteiger partial charge in [0.15, 0.2) is 12.3 Å². The summed E-state index contributed by atoms with van der Waals surface area (Å²) in [6.07, 6.45) is -7.64. The molecule has 1 aliphatic rings. The summed E-state index contributed by atoms with van der Waals surface area (Å²) in [6.45, 7) is -2.04. The first-order valence-corrected chi connectivity index (χ1v) is 19.1. The Kier molecular flexibility index (Phi) is 12.5. The van der Waals surface area contributed by atoms with E-state index in [-0.39, 0.29) is 11.3 Å². The summed E-state index contributed by atoms with van der Waals surface area (Å²) in [6, 6.07) is 16.0. The number of nitrogens with zero attached hydrogens (tertiary/aromatic N) is 1. The van der Waals surface area contributed by atoms with Gasteiger partial charge in [-0.05, 0) is 17.7 Å². The summed E-state index contributed by atoms with van der Waals surface area (Å²) in [4.78, 5) is 86.5. The molecule has 8 atom stereocenters. The van der Waals surface area contributed by atoms with Crippen molar-refractivity contribution >= 4 is 43.1 Å². The van der Waals surface area contributed by atoms with E-state index in [1.54, 1.807) is 24.3 Å². The molecule has 2 aromatic carbocycles. The number of aromatic nitrogens is 2. The highest BCUT2D eigenvalue weighted by atomic mass is 31.3. The van der Waals surface area contributed by atoms with Gasteiger partial charge in [-0.3, -0.25) is 37.9 Å². The number of hydrogen-bond acceptors (Lipinski definition) is 19. The minimum absolute atomic E-state index is 0.243. The van der Waals surface area contributed by atoms with Crippen LogP contribution in [0.2, 0.25) is 0 Å². The van der Waals surface area contributed by atoms with Gasteiger partial charge in [0.2, 0.25) is 0 Å². The van der Waals surface area contributed by atoms with Gasteiger partial charge in [0, 0.05) is 18.0 Å². The van der Waals surface area contributed by atoms with Gasteiger partial charge >= 0.3 is 11.8 Å². The molecule has 3 N–H and O–H groups in total. The number of phosphoric ester groups is 2. The zero-order valence-corrected chi connectivity index (χ0v) is 27.8. The molecule has 1 saturated heterocycles. The zero-order valence-electron chi connectivity index (χ0n) is 24.2. The summed E-state index contributed by atoms with van der Waals surface area (Å²) >= 11 is 0. The number of aliphatic hydroxyl groups is 1. The van der Waals surface area contributed by atoms with Gasteiger partial charge in [0.1, 0.15) is 12.2 Å². The molecule has 3 aromatic rings. The van der Waals surface area contributed by atoms with E-state index in [0.717, 1.165) is 12.3 Å². The SMILES string of the molecule is O=C(Nc1ccccc1)OC1[C@@H](O)[C@@H](COP(=O)([O-])OP(=O)([O-])OP(=O)([O-])OP(=O)([O-])OCc2ccccc2)O[C@H]1n1ccc(=O)[nH]c1=O. The Morgan fingerprint density at radius 1 is 0.837 bits per heavy atom. The first kappa shape index (κ1) is 38.7. The number of anilines is 1. The van der Waals surface area contributed by atoms with Crippen LogP contribution in [0.25, 0.3) is 0 Å². The van der Waals surface area contributed by atoms with Crippen LogP contribution in [0.1, 0.15) is 11.8 Å². The van der Waals surface area contributed by atoms with Crippen molar-refractivity contribution in [3.05, 3.63) is 99.3 Å². The molecule has 1 amide bonds. The number of rotatable bonds is 15. The normalized spacial score (nSPS) is 24.1. The number of aromatic amines is 1. The lowest BCUT2D eigenvalue weighted by Crippen LogP contribution is -2.41. The Labute approximate surface area is 274 Å². The average molecular weight is 769 g/mol.